The van der Waals surface area contributed by atoms with Crippen molar-refractivity contribution in [2.45, 2.75) is 6.36 Å². The predicted molar refractivity (Wildman–Crippen MR) is 61.5 cm³/mol. The molecule has 1 aromatic carbocycles. The fourth-order valence-electron chi connectivity index (χ4n) is 1.25. The molecule has 0 unspecified atom stereocenters. The second-order valence-electron chi connectivity index (χ2n) is 3.45. The maximum atomic E-state index is 11.7. The molecular formula is C11H13F3N2O3. The molecule has 5 nitrogen and oxygen atoms in total. The van der Waals surface area contributed by atoms with Gasteiger partial charge in [0, 0.05) is 11.6 Å². The molecule has 0 amide bonds. The zero-order valence-corrected chi connectivity index (χ0v) is 10.1. The maximum Gasteiger partial charge on any atom is 0.522 e. The number of nitrogens with one attached hydrogen (secondary N) is 1. The Morgan fingerprint density at radius 3 is 2.37 bits per heavy atom. The van der Waals surface area contributed by atoms with Gasteiger partial charge in [-0.25, -0.2) is 0 Å². The van der Waals surface area contributed by atoms with E-state index >= 15 is 0 Å². The second kappa shape index (κ2) is 6.28. The van der Waals surface area contributed by atoms with Crippen LogP contribution in [0.5, 0.6) is 11.5 Å². The van der Waals surface area contributed by atoms with Crippen molar-refractivity contribution < 1.29 is 27.4 Å². The highest BCUT2D eigenvalue weighted by molar-refractivity contribution is 5.95. The van der Waals surface area contributed by atoms with Gasteiger partial charge >= 0.3 is 6.36 Å². The Morgan fingerprint density at radius 1 is 1.21 bits per heavy atom. The molecule has 3 N–H and O–H groups in total. The SMILES string of the molecule is COc1cc(OCCOC(F)(F)F)cc(C(=N)N)c1. The standard InChI is InChI=1S/C11H13F3N2O3/c1-17-8-4-7(10(15)16)5-9(6-8)18-2-3-19-11(12,13)14/h4-6H,2-3H2,1H3,(H3,15,16). The maximum absolute atomic E-state index is 11.7. The smallest absolute Gasteiger partial charge is 0.497 e. The summed E-state index contributed by atoms with van der Waals surface area (Å²) in [6.45, 7) is -0.917. The zero-order valence-electron chi connectivity index (χ0n) is 10.1. The van der Waals surface area contributed by atoms with E-state index in [9.17, 15) is 13.2 Å². The first-order valence-electron chi connectivity index (χ1n) is 5.19. The summed E-state index contributed by atoms with van der Waals surface area (Å²) in [5, 5.41) is 7.29. The third-order valence-corrected chi connectivity index (χ3v) is 2.04. The monoisotopic (exact) mass is 278 g/mol. The fourth-order valence-corrected chi connectivity index (χ4v) is 1.25. The van der Waals surface area contributed by atoms with Crippen LogP contribution < -0.4 is 15.2 Å². The first-order chi connectivity index (χ1) is 8.81. The van der Waals surface area contributed by atoms with Gasteiger partial charge in [-0.3, -0.25) is 10.1 Å². The van der Waals surface area contributed by atoms with Crippen molar-refractivity contribution >= 4 is 5.84 Å². The molecule has 1 rings (SSSR count). The number of methoxy groups -OCH3 is 1. The lowest BCUT2D eigenvalue weighted by Crippen LogP contribution is -2.18. The highest BCUT2D eigenvalue weighted by atomic mass is 19.4. The number of alkyl halides is 3. The lowest BCUT2D eigenvalue weighted by molar-refractivity contribution is -0.325. The van der Waals surface area contributed by atoms with E-state index in [0.29, 0.717) is 11.3 Å². The van der Waals surface area contributed by atoms with E-state index in [1.807, 2.05) is 0 Å². The number of nitrogens with two attached hydrogens (primary N) is 1. The average molecular weight is 278 g/mol. The summed E-state index contributed by atoms with van der Waals surface area (Å²) in [7, 11) is 1.41. The molecule has 8 heteroatoms. The van der Waals surface area contributed by atoms with E-state index in [4.69, 9.17) is 20.6 Å². The van der Waals surface area contributed by atoms with Gasteiger partial charge in [-0.2, -0.15) is 0 Å². The van der Waals surface area contributed by atoms with Crippen molar-refractivity contribution in [1.82, 2.24) is 0 Å². The van der Waals surface area contributed by atoms with Crippen molar-refractivity contribution in [3.63, 3.8) is 0 Å². The molecule has 1 aromatic rings. The molecule has 0 saturated heterocycles. The third kappa shape index (κ3) is 5.47. The highest BCUT2D eigenvalue weighted by Crippen LogP contribution is 2.23. The Labute approximate surface area is 107 Å². The number of rotatable bonds is 6. The molecule has 0 spiro atoms. The number of halogens is 3. The third-order valence-electron chi connectivity index (χ3n) is 2.04. The van der Waals surface area contributed by atoms with Gasteiger partial charge in [-0.05, 0) is 12.1 Å². The summed E-state index contributed by atoms with van der Waals surface area (Å²) in [5.41, 5.74) is 5.67. The van der Waals surface area contributed by atoms with Gasteiger partial charge in [-0.15, -0.1) is 13.2 Å². The normalized spacial score (nSPS) is 11.2. The number of nitrogen functional groups attached to an aromatic ring is 1. The molecule has 0 aliphatic carbocycles. The van der Waals surface area contributed by atoms with Crippen molar-refractivity contribution in [2.75, 3.05) is 20.3 Å². The van der Waals surface area contributed by atoms with E-state index in [2.05, 4.69) is 4.74 Å². The fraction of sp³-hybridized carbons (Fsp3) is 0.364. The largest absolute Gasteiger partial charge is 0.522 e. The van der Waals surface area contributed by atoms with E-state index in [-0.39, 0.29) is 18.2 Å². The Hall–Kier alpha value is -1.96. The molecule has 19 heavy (non-hydrogen) atoms. The molecule has 0 heterocycles. The quantitative estimate of drug-likeness (QED) is 0.473. The summed E-state index contributed by atoms with van der Waals surface area (Å²) < 4.78 is 48.8. The van der Waals surface area contributed by atoms with E-state index in [1.54, 1.807) is 0 Å². The van der Waals surface area contributed by atoms with Crippen LogP contribution in [0.25, 0.3) is 0 Å². The summed E-state index contributed by atoms with van der Waals surface area (Å²) in [4.78, 5) is 0. The number of hydrogen-bond donors (Lipinski definition) is 2. The van der Waals surface area contributed by atoms with Crippen LogP contribution in [0, 0.1) is 5.41 Å². The predicted octanol–water partition coefficient (Wildman–Crippen LogP) is 1.89. The van der Waals surface area contributed by atoms with Crippen molar-refractivity contribution in [3.8, 4) is 11.5 Å². The van der Waals surface area contributed by atoms with Crippen molar-refractivity contribution in [2.24, 2.45) is 5.73 Å². The Balaban J connectivity index is 2.62. The van der Waals surface area contributed by atoms with Crippen LogP contribution >= 0.6 is 0 Å². The summed E-state index contributed by atoms with van der Waals surface area (Å²) in [5.74, 6) is 0.435. The lowest BCUT2D eigenvalue weighted by atomic mass is 10.2. The molecule has 106 valence electrons. The topological polar surface area (TPSA) is 77.6 Å². The summed E-state index contributed by atoms with van der Waals surface area (Å²) in [6, 6.07) is 4.42. The minimum atomic E-state index is -4.68. The molecule has 0 radical (unpaired) electrons. The van der Waals surface area contributed by atoms with Crippen LogP contribution in [0.15, 0.2) is 18.2 Å². The molecule has 0 aliphatic rings. The first-order valence-corrected chi connectivity index (χ1v) is 5.19. The molecule has 0 atom stereocenters. The molecule has 0 fully saturated rings. The van der Waals surface area contributed by atoms with E-state index in [1.165, 1.54) is 25.3 Å². The van der Waals surface area contributed by atoms with E-state index in [0.717, 1.165) is 0 Å². The summed E-state index contributed by atoms with van der Waals surface area (Å²) >= 11 is 0. The van der Waals surface area contributed by atoms with Crippen LogP contribution in [0.2, 0.25) is 0 Å². The van der Waals surface area contributed by atoms with Gasteiger partial charge in [0.05, 0.1) is 13.7 Å². The summed E-state index contributed by atoms with van der Waals surface area (Å²) in [6.07, 6.45) is -4.68. The Bertz CT molecular complexity index is 449. The van der Waals surface area contributed by atoms with Gasteiger partial charge in [0.15, 0.2) is 0 Å². The molecule has 0 aliphatic heterocycles. The molecule has 0 bridgehead atoms. The van der Waals surface area contributed by atoms with Crippen molar-refractivity contribution in [3.05, 3.63) is 23.8 Å². The zero-order chi connectivity index (χ0) is 14.5. The lowest BCUT2D eigenvalue weighted by Gasteiger charge is -2.11. The van der Waals surface area contributed by atoms with Crippen molar-refractivity contribution in [1.29, 1.82) is 5.41 Å². The van der Waals surface area contributed by atoms with Gasteiger partial charge < -0.3 is 15.2 Å². The number of ether oxygens (including phenoxy) is 3. The average Bonchev–Trinajstić information content (AvgIpc) is 2.33. The van der Waals surface area contributed by atoms with Gasteiger partial charge in [0.1, 0.15) is 23.9 Å². The van der Waals surface area contributed by atoms with Crippen LogP contribution in [-0.4, -0.2) is 32.5 Å². The van der Waals surface area contributed by atoms with Crippen LogP contribution in [0.4, 0.5) is 13.2 Å². The van der Waals surface area contributed by atoms with Gasteiger partial charge in [0.2, 0.25) is 0 Å². The number of hydrogen-bond acceptors (Lipinski definition) is 4. The first kappa shape index (κ1) is 15.1. The van der Waals surface area contributed by atoms with Crippen LogP contribution in [-0.2, 0) is 4.74 Å². The van der Waals surface area contributed by atoms with Crippen LogP contribution in [0.3, 0.4) is 0 Å². The van der Waals surface area contributed by atoms with Crippen LogP contribution in [0.1, 0.15) is 5.56 Å². The minimum Gasteiger partial charge on any atom is -0.497 e. The Kier molecular flexibility index (Phi) is 4.99. The number of amidine groups is 1. The molecule has 0 saturated carbocycles. The van der Waals surface area contributed by atoms with Gasteiger partial charge in [0.25, 0.3) is 0 Å². The minimum absolute atomic E-state index is 0.199. The molecular weight excluding hydrogens is 265 g/mol. The molecule has 0 aromatic heterocycles. The second-order valence-corrected chi connectivity index (χ2v) is 3.45. The Morgan fingerprint density at radius 2 is 1.84 bits per heavy atom. The van der Waals surface area contributed by atoms with Gasteiger partial charge in [-0.1, -0.05) is 0 Å². The highest BCUT2D eigenvalue weighted by Gasteiger charge is 2.28. The number of benzene rings is 1. The van der Waals surface area contributed by atoms with E-state index < -0.39 is 13.0 Å².